The van der Waals surface area contributed by atoms with Crippen LogP contribution in [0.5, 0.6) is 0 Å². The van der Waals surface area contributed by atoms with Crippen LogP contribution in [0.25, 0.3) is 0 Å². The van der Waals surface area contributed by atoms with Gasteiger partial charge in [-0.25, -0.2) is 4.98 Å². The maximum absolute atomic E-state index is 4.50. The highest BCUT2D eigenvalue weighted by molar-refractivity contribution is 7.09. The first-order valence-electron chi connectivity index (χ1n) is 6.23. The maximum Gasteiger partial charge on any atom is 0.202 e. The van der Waals surface area contributed by atoms with E-state index in [2.05, 4.69) is 35.4 Å². The summed E-state index contributed by atoms with van der Waals surface area (Å²) in [6.07, 6.45) is 5.39. The minimum Gasteiger partial charge on any atom is -0.360 e. The number of aromatic nitrogens is 2. The number of hydrogen-bond acceptors (Lipinski definition) is 4. The van der Waals surface area contributed by atoms with Gasteiger partial charge in [-0.05, 0) is 24.7 Å². The highest BCUT2D eigenvalue weighted by Crippen LogP contribution is 2.49. The standard InChI is InChI=1S/C12H21N3S/c1-4-5-12(6-7-12)8-13-11-14-10(9(2)3)15-16-11/h9H,4-8H2,1-3H3,(H,13,14,15). The molecule has 0 atom stereocenters. The molecule has 90 valence electrons. The van der Waals surface area contributed by atoms with Gasteiger partial charge in [0, 0.05) is 24.0 Å². The van der Waals surface area contributed by atoms with E-state index in [9.17, 15) is 0 Å². The van der Waals surface area contributed by atoms with E-state index in [0.29, 0.717) is 11.3 Å². The highest BCUT2D eigenvalue weighted by atomic mass is 32.1. The quantitative estimate of drug-likeness (QED) is 0.823. The second-order valence-electron chi connectivity index (χ2n) is 5.22. The number of nitrogens with zero attached hydrogens (tertiary/aromatic N) is 2. The molecule has 0 amide bonds. The summed E-state index contributed by atoms with van der Waals surface area (Å²) in [5.41, 5.74) is 0.582. The molecule has 1 N–H and O–H groups in total. The zero-order valence-corrected chi connectivity index (χ0v) is 11.2. The van der Waals surface area contributed by atoms with Crippen molar-refractivity contribution in [1.29, 1.82) is 0 Å². The fourth-order valence-electron chi connectivity index (χ4n) is 2.03. The first kappa shape index (κ1) is 11.8. The Hall–Kier alpha value is -0.640. The lowest BCUT2D eigenvalue weighted by Crippen LogP contribution is -2.15. The topological polar surface area (TPSA) is 37.8 Å². The summed E-state index contributed by atoms with van der Waals surface area (Å²) in [5.74, 6) is 1.39. The Labute approximate surface area is 102 Å². The molecule has 0 saturated heterocycles. The maximum atomic E-state index is 4.50. The van der Waals surface area contributed by atoms with Gasteiger partial charge >= 0.3 is 0 Å². The summed E-state index contributed by atoms with van der Waals surface area (Å²) in [5, 5.41) is 4.44. The summed E-state index contributed by atoms with van der Waals surface area (Å²) in [6.45, 7) is 7.60. The first-order chi connectivity index (χ1) is 7.65. The fourth-order valence-corrected chi connectivity index (χ4v) is 2.73. The second-order valence-corrected chi connectivity index (χ2v) is 5.97. The predicted octanol–water partition coefficient (Wildman–Crippen LogP) is 3.65. The zero-order valence-electron chi connectivity index (χ0n) is 10.4. The monoisotopic (exact) mass is 239 g/mol. The van der Waals surface area contributed by atoms with Crippen LogP contribution in [0.4, 0.5) is 5.13 Å². The molecule has 16 heavy (non-hydrogen) atoms. The molecule has 0 radical (unpaired) electrons. The summed E-state index contributed by atoms with van der Waals surface area (Å²) in [4.78, 5) is 4.50. The molecule has 1 aromatic heterocycles. The smallest absolute Gasteiger partial charge is 0.202 e. The van der Waals surface area contributed by atoms with Crippen molar-refractivity contribution < 1.29 is 0 Å². The number of rotatable bonds is 6. The van der Waals surface area contributed by atoms with Crippen LogP contribution < -0.4 is 5.32 Å². The van der Waals surface area contributed by atoms with Gasteiger partial charge in [0.15, 0.2) is 0 Å². The predicted molar refractivity (Wildman–Crippen MR) is 69.1 cm³/mol. The summed E-state index contributed by atoms with van der Waals surface area (Å²) in [6, 6.07) is 0. The third-order valence-electron chi connectivity index (χ3n) is 3.31. The number of nitrogens with one attached hydrogen (secondary N) is 1. The van der Waals surface area contributed by atoms with E-state index in [1.54, 1.807) is 0 Å². The van der Waals surface area contributed by atoms with Crippen molar-refractivity contribution in [2.24, 2.45) is 5.41 Å². The number of hydrogen-bond donors (Lipinski definition) is 1. The molecule has 3 nitrogen and oxygen atoms in total. The molecule has 0 spiro atoms. The third-order valence-corrected chi connectivity index (χ3v) is 4.00. The van der Waals surface area contributed by atoms with Gasteiger partial charge in [-0.3, -0.25) is 0 Å². The molecule has 0 bridgehead atoms. The van der Waals surface area contributed by atoms with E-state index < -0.39 is 0 Å². The highest BCUT2D eigenvalue weighted by Gasteiger charge is 2.41. The van der Waals surface area contributed by atoms with E-state index >= 15 is 0 Å². The van der Waals surface area contributed by atoms with Gasteiger partial charge in [-0.2, -0.15) is 4.37 Å². The van der Waals surface area contributed by atoms with Crippen LogP contribution in [-0.4, -0.2) is 15.9 Å². The Bertz CT molecular complexity index is 342. The Kier molecular flexibility index (Phi) is 3.47. The summed E-state index contributed by atoms with van der Waals surface area (Å²) < 4.78 is 4.35. The zero-order chi connectivity index (χ0) is 11.6. The molecular weight excluding hydrogens is 218 g/mol. The van der Waals surface area contributed by atoms with Crippen molar-refractivity contribution in [3.05, 3.63) is 5.82 Å². The molecule has 1 saturated carbocycles. The van der Waals surface area contributed by atoms with Crippen LogP contribution in [-0.2, 0) is 0 Å². The van der Waals surface area contributed by atoms with Gasteiger partial charge in [0.05, 0.1) is 0 Å². The lowest BCUT2D eigenvalue weighted by Gasteiger charge is -2.13. The Balaban J connectivity index is 1.85. The van der Waals surface area contributed by atoms with Crippen molar-refractivity contribution in [2.75, 3.05) is 11.9 Å². The van der Waals surface area contributed by atoms with Crippen LogP contribution in [0.15, 0.2) is 0 Å². The SMILES string of the molecule is CCCC1(CNc2nc(C(C)C)ns2)CC1. The van der Waals surface area contributed by atoms with E-state index in [4.69, 9.17) is 0 Å². The minimum absolute atomic E-state index is 0.428. The van der Waals surface area contributed by atoms with Gasteiger partial charge < -0.3 is 5.32 Å². The Morgan fingerprint density at radius 3 is 2.69 bits per heavy atom. The molecule has 0 aliphatic heterocycles. The molecule has 4 heteroatoms. The van der Waals surface area contributed by atoms with Gasteiger partial charge in [0.25, 0.3) is 0 Å². The normalized spacial score (nSPS) is 17.8. The van der Waals surface area contributed by atoms with Crippen molar-refractivity contribution in [1.82, 2.24) is 9.36 Å². The van der Waals surface area contributed by atoms with E-state index in [0.717, 1.165) is 17.5 Å². The fraction of sp³-hybridized carbons (Fsp3) is 0.833. The molecule has 1 fully saturated rings. The summed E-state index contributed by atoms with van der Waals surface area (Å²) in [7, 11) is 0. The molecule has 1 heterocycles. The molecule has 1 aliphatic carbocycles. The third kappa shape index (κ3) is 2.73. The van der Waals surface area contributed by atoms with E-state index in [1.165, 1.54) is 37.2 Å². The van der Waals surface area contributed by atoms with Crippen molar-refractivity contribution in [3.8, 4) is 0 Å². The van der Waals surface area contributed by atoms with Gasteiger partial charge in [0.2, 0.25) is 5.13 Å². The molecular formula is C12H21N3S. The van der Waals surface area contributed by atoms with Crippen molar-refractivity contribution in [2.45, 2.75) is 52.4 Å². The molecule has 2 rings (SSSR count). The largest absolute Gasteiger partial charge is 0.360 e. The van der Waals surface area contributed by atoms with Gasteiger partial charge in [0.1, 0.15) is 5.82 Å². The first-order valence-corrected chi connectivity index (χ1v) is 7.00. The van der Waals surface area contributed by atoms with Crippen LogP contribution >= 0.6 is 11.5 Å². The van der Waals surface area contributed by atoms with Crippen LogP contribution in [0.3, 0.4) is 0 Å². The van der Waals surface area contributed by atoms with Crippen molar-refractivity contribution in [3.63, 3.8) is 0 Å². The molecule has 0 unspecified atom stereocenters. The van der Waals surface area contributed by atoms with E-state index in [-0.39, 0.29) is 0 Å². The van der Waals surface area contributed by atoms with Gasteiger partial charge in [-0.1, -0.05) is 27.2 Å². The summed E-state index contributed by atoms with van der Waals surface area (Å²) >= 11 is 1.49. The Morgan fingerprint density at radius 2 is 2.19 bits per heavy atom. The van der Waals surface area contributed by atoms with Crippen LogP contribution in [0, 0.1) is 5.41 Å². The molecule has 0 aromatic carbocycles. The Morgan fingerprint density at radius 1 is 1.44 bits per heavy atom. The molecule has 1 aromatic rings. The second kappa shape index (κ2) is 4.70. The minimum atomic E-state index is 0.428. The lowest BCUT2D eigenvalue weighted by atomic mass is 10.0. The average molecular weight is 239 g/mol. The average Bonchev–Trinajstić information content (AvgIpc) is 2.84. The van der Waals surface area contributed by atoms with Crippen LogP contribution in [0.1, 0.15) is 58.2 Å². The van der Waals surface area contributed by atoms with Gasteiger partial charge in [-0.15, -0.1) is 0 Å². The van der Waals surface area contributed by atoms with Crippen molar-refractivity contribution >= 4 is 16.7 Å². The molecule has 1 aliphatic rings. The van der Waals surface area contributed by atoms with Crippen LogP contribution in [0.2, 0.25) is 0 Å². The lowest BCUT2D eigenvalue weighted by molar-refractivity contribution is 0.485. The number of anilines is 1. The van der Waals surface area contributed by atoms with E-state index in [1.807, 2.05) is 0 Å².